The van der Waals surface area contributed by atoms with Crippen molar-refractivity contribution in [3.63, 3.8) is 0 Å². The van der Waals surface area contributed by atoms with Gasteiger partial charge in [0.05, 0.1) is 17.0 Å². The molecular weight excluding hydrogens is 466 g/mol. The number of carbonyl (C=O) groups excluding carboxylic acids is 1. The number of hydrogen-bond acceptors (Lipinski definition) is 8. The Morgan fingerprint density at radius 1 is 0.919 bits per heavy atom. The van der Waals surface area contributed by atoms with Crippen molar-refractivity contribution in [3.05, 3.63) is 16.6 Å². The molecule has 0 spiro atoms. The van der Waals surface area contributed by atoms with Crippen molar-refractivity contribution < 1.29 is 9.63 Å². The van der Waals surface area contributed by atoms with Crippen LogP contribution in [0.3, 0.4) is 0 Å². The maximum absolute atomic E-state index is 13.4. The van der Waals surface area contributed by atoms with Gasteiger partial charge in [-0.15, -0.1) is 0 Å². The molecule has 0 heterocycles. The van der Waals surface area contributed by atoms with Gasteiger partial charge in [-0.1, -0.05) is 59.2 Å². The lowest BCUT2D eigenvalue weighted by molar-refractivity contribution is -0.212. The van der Waals surface area contributed by atoms with Gasteiger partial charge >= 0.3 is 5.97 Å². The molecule has 5 aliphatic carbocycles. The first-order valence-corrected chi connectivity index (χ1v) is 14.3. The molecule has 0 unspecified atom stereocenters. The minimum atomic E-state index is -0.838. The highest BCUT2D eigenvalue weighted by Crippen LogP contribution is 2.77. The summed E-state index contributed by atoms with van der Waals surface area (Å²) in [5, 5.41) is 3.53. The molecule has 0 bridgehead atoms. The van der Waals surface area contributed by atoms with Gasteiger partial charge in [0.25, 0.3) is 0 Å². The van der Waals surface area contributed by atoms with Crippen LogP contribution in [0.4, 0.5) is 0 Å². The van der Waals surface area contributed by atoms with Gasteiger partial charge < -0.3 is 22.0 Å². The Balaban J connectivity index is 1.71. The molecule has 0 aromatic rings. The highest BCUT2D eigenvalue weighted by atomic mass is 16.7. The number of hydrogen-bond donors (Lipinski definition) is 4. The molecule has 8 heteroatoms. The Morgan fingerprint density at radius 3 is 2.22 bits per heavy atom. The van der Waals surface area contributed by atoms with E-state index < -0.39 is 32.9 Å². The fourth-order valence-corrected chi connectivity index (χ4v) is 11.2. The van der Waals surface area contributed by atoms with E-state index in [0.29, 0.717) is 25.7 Å². The number of rotatable bonds is 2. The molecule has 4 fully saturated rings. The number of nitrogens with zero attached hydrogens (tertiary/aromatic N) is 1. The molecule has 208 valence electrons. The molecule has 0 aromatic carbocycles. The van der Waals surface area contributed by atoms with Crippen molar-refractivity contribution in [1.82, 2.24) is 0 Å². The predicted octanol–water partition coefficient (Wildman–Crippen LogP) is 4.19. The van der Waals surface area contributed by atoms with Gasteiger partial charge in [0.1, 0.15) is 0 Å². The molecule has 8 nitrogen and oxygen atoms in total. The van der Waals surface area contributed by atoms with Crippen LogP contribution in [0.15, 0.2) is 16.8 Å². The predicted molar refractivity (Wildman–Crippen MR) is 145 cm³/mol. The topological polar surface area (TPSA) is 160 Å². The highest BCUT2D eigenvalue weighted by Gasteiger charge is 2.79. The third kappa shape index (κ3) is 2.58. The van der Waals surface area contributed by atoms with E-state index in [-0.39, 0.29) is 28.8 Å². The lowest BCUT2D eigenvalue weighted by atomic mass is 9.28. The molecule has 8 N–H and O–H groups in total. The van der Waals surface area contributed by atoms with Crippen molar-refractivity contribution in [2.75, 3.05) is 0 Å². The van der Waals surface area contributed by atoms with Crippen LogP contribution in [0.1, 0.15) is 106 Å². The smallest absolute Gasteiger partial charge is 0.332 e. The van der Waals surface area contributed by atoms with Gasteiger partial charge in [-0.2, -0.15) is 10.8 Å². The van der Waals surface area contributed by atoms with Crippen molar-refractivity contribution in [3.8, 4) is 0 Å². The van der Waals surface area contributed by atoms with Crippen LogP contribution in [-0.4, -0.2) is 28.6 Å². The second kappa shape index (κ2) is 7.64. The molecule has 0 aliphatic heterocycles. The molecule has 5 aliphatic rings. The average Bonchev–Trinajstić information content (AvgIpc) is 2.84. The standard InChI is InChI=1S/C29H49N5O3/c1-18-8-7-11-26(21(35)37-33)16-14-23(4)19(29(18,26)32)9-13-28(31)24(23,5)15-17-27(30)22(2,3)20(34-36)10-12-25(27,28)6/h9,18,20H,7-8,10-17,30-33H2,1-6H3/t18-,20-,23+,24-,25-,26+,27+,28+,29+/m0/s1. The van der Waals surface area contributed by atoms with Crippen LogP contribution in [0.2, 0.25) is 0 Å². The van der Waals surface area contributed by atoms with Crippen LogP contribution in [-0.2, 0) is 9.63 Å². The first-order chi connectivity index (χ1) is 17.0. The fraction of sp³-hybridized carbons (Fsp3) is 0.897. The zero-order valence-corrected chi connectivity index (χ0v) is 23.8. The third-order valence-corrected chi connectivity index (χ3v) is 14.2. The molecule has 37 heavy (non-hydrogen) atoms. The Bertz CT molecular complexity index is 1060. The van der Waals surface area contributed by atoms with Crippen LogP contribution < -0.4 is 23.1 Å². The molecule has 0 amide bonds. The minimum absolute atomic E-state index is 0.112. The zero-order valence-electron chi connectivity index (χ0n) is 23.8. The van der Waals surface area contributed by atoms with Crippen LogP contribution in [0, 0.1) is 37.9 Å². The SMILES string of the molecule is C[C@H]1CCC[C@]2(C(=O)ON)CC[C@]3(C)C(=CC[C@]4(N)[C@@]5(C)CC[C@H](N=O)C(C)(C)[C@]5(N)CC[C@]43C)[C@]12N. The fourth-order valence-electron chi connectivity index (χ4n) is 11.2. The number of fused-ring (bicyclic) bond motifs is 7. The van der Waals surface area contributed by atoms with Crippen molar-refractivity contribution in [2.24, 2.45) is 61.3 Å². The summed E-state index contributed by atoms with van der Waals surface area (Å²) in [6.45, 7) is 13.4. The van der Waals surface area contributed by atoms with E-state index in [1.807, 2.05) is 0 Å². The van der Waals surface area contributed by atoms with Gasteiger partial charge in [0, 0.05) is 21.9 Å². The van der Waals surface area contributed by atoms with Crippen molar-refractivity contribution >= 4 is 5.97 Å². The zero-order chi connectivity index (χ0) is 27.5. The quantitative estimate of drug-likeness (QED) is 0.243. The highest BCUT2D eigenvalue weighted by molar-refractivity contribution is 5.81. The third-order valence-electron chi connectivity index (χ3n) is 14.2. The second-order valence-electron chi connectivity index (χ2n) is 14.8. The van der Waals surface area contributed by atoms with E-state index in [1.54, 1.807) is 0 Å². The maximum Gasteiger partial charge on any atom is 0.332 e. The first kappa shape index (κ1) is 27.2. The maximum atomic E-state index is 13.4. The summed E-state index contributed by atoms with van der Waals surface area (Å²) < 4.78 is 0. The Labute approximate surface area is 222 Å². The summed E-state index contributed by atoms with van der Waals surface area (Å²) >= 11 is 0. The molecular formula is C29H49N5O3. The molecule has 0 saturated heterocycles. The Kier molecular flexibility index (Phi) is 5.62. The van der Waals surface area contributed by atoms with Gasteiger partial charge in [0.2, 0.25) is 0 Å². The van der Waals surface area contributed by atoms with Crippen LogP contribution in [0.25, 0.3) is 0 Å². The lowest BCUT2D eigenvalue weighted by Gasteiger charge is -2.78. The monoisotopic (exact) mass is 515 g/mol. The molecule has 9 atom stereocenters. The lowest BCUT2D eigenvalue weighted by Crippen LogP contribution is -2.85. The normalized spacial score (nSPS) is 54.5. The largest absolute Gasteiger partial charge is 0.373 e. The number of carbonyl (C=O) groups is 1. The van der Waals surface area contributed by atoms with E-state index in [4.69, 9.17) is 27.9 Å². The first-order valence-electron chi connectivity index (χ1n) is 14.3. The van der Waals surface area contributed by atoms with E-state index in [9.17, 15) is 9.70 Å². The van der Waals surface area contributed by atoms with E-state index in [0.717, 1.165) is 38.5 Å². The summed E-state index contributed by atoms with van der Waals surface area (Å²) in [4.78, 5) is 30.2. The average molecular weight is 516 g/mol. The summed E-state index contributed by atoms with van der Waals surface area (Å²) in [6, 6.07) is -0.322. The summed E-state index contributed by atoms with van der Waals surface area (Å²) in [5.41, 5.74) is 19.5. The van der Waals surface area contributed by atoms with Crippen molar-refractivity contribution in [1.29, 1.82) is 0 Å². The van der Waals surface area contributed by atoms with Crippen molar-refractivity contribution in [2.45, 2.75) is 128 Å². The minimum Gasteiger partial charge on any atom is -0.373 e. The number of nitroso groups, excluding NO2 is 1. The molecule has 0 radical (unpaired) electrons. The Morgan fingerprint density at radius 2 is 1.59 bits per heavy atom. The molecule has 5 rings (SSSR count). The summed E-state index contributed by atoms with van der Waals surface area (Å²) in [6.07, 6.45) is 10.0. The van der Waals surface area contributed by atoms with Gasteiger partial charge in [0.15, 0.2) is 0 Å². The number of nitrogens with two attached hydrogens (primary N) is 4. The molecule has 0 aromatic heterocycles. The molecule has 4 saturated carbocycles. The van der Waals surface area contributed by atoms with E-state index >= 15 is 0 Å². The Hall–Kier alpha value is -1.35. The summed E-state index contributed by atoms with van der Waals surface area (Å²) in [7, 11) is 0. The summed E-state index contributed by atoms with van der Waals surface area (Å²) in [5.74, 6) is 5.26. The van der Waals surface area contributed by atoms with Crippen LogP contribution >= 0.6 is 0 Å². The van der Waals surface area contributed by atoms with E-state index in [1.165, 1.54) is 5.57 Å². The van der Waals surface area contributed by atoms with Crippen LogP contribution in [0.5, 0.6) is 0 Å². The van der Waals surface area contributed by atoms with Gasteiger partial charge in [-0.3, -0.25) is 0 Å². The second-order valence-corrected chi connectivity index (χ2v) is 14.8. The van der Waals surface area contributed by atoms with E-state index in [2.05, 4.69) is 52.8 Å². The van der Waals surface area contributed by atoms with Gasteiger partial charge in [-0.25, -0.2) is 4.79 Å². The van der Waals surface area contributed by atoms with Gasteiger partial charge in [-0.05, 0) is 80.1 Å².